The van der Waals surface area contributed by atoms with E-state index in [1.165, 1.54) is 54.7 Å². The summed E-state index contributed by atoms with van der Waals surface area (Å²) in [6, 6.07) is 7.05. The summed E-state index contributed by atoms with van der Waals surface area (Å²) in [4.78, 5) is 32.6. The Morgan fingerprint density at radius 2 is 1.77 bits per heavy atom. The minimum Gasteiger partial charge on any atom is -0.478 e. The van der Waals surface area contributed by atoms with Crippen LogP contribution in [-0.2, 0) is 26.9 Å². The van der Waals surface area contributed by atoms with Gasteiger partial charge in [-0.2, -0.15) is 13.2 Å². The smallest absolute Gasteiger partial charge is 0.419 e. The van der Waals surface area contributed by atoms with Crippen molar-refractivity contribution < 1.29 is 42.1 Å². The lowest BCUT2D eigenvalue weighted by Gasteiger charge is -2.36. The van der Waals surface area contributed by atoms with Gasteiger partial charge in [0.05, 0.1) is 41.6 Å². The monoisotopic (exact) mass is 620 g/mol. The number of ether oxygens (including phenoxy) is 3. The minimum atomic E-state index is -4.72. The van der Waals surface area contributed by atoms with Gasteiger partial charge in [0.25, 0.3) is 0 Å². The normalized spacial score (nSPS) is 17.2. The zero-order chi connectivity index (χ0) is 31.1. The second-order valence-corrected chi connectivity index (χ2v) is 11.8. The number of hydrogen-bond donors (Lipinski definition) is 1. The Morgan fingerprint density at radius 3 is 2.35 bits per heavy atom. The molecule has 1 amide bonds. The maximum absolute atomic E-state index is 14.1. The average molecular weight is 621 g/mol. The van der Waals surface area contributed by atoms with Crippen LogP contribution in [0.4, 0.5) is 18.9 Å². The number of carbonyl (C=O) groups excluding carboxylic acids is 1. The van der Waals surface area contributed by atoms with Gasteiger partial charge >= 0.3 is 12.1 Å². The molecule has 232 valence electrons. The van der Waals surface area contributed by atoms with Crippen molar-refractivity contribution in [2.75, 3.05) is 32.3 Å². The first kappa shape index (κ1) is 32.4. The van der Waals surface area contributed by atoms with Gasteiger partial charge < -0.3 is 24.2 Å². The molecule has 0 aliphatic heterocycles. The van der Waals surface area contributed by atoms with Crippen LogP contribution in [0.25, 0.3) is 0 Å². The summed E-state index contributed by atoms with van der Waals surface area (Å²) in [7, 11) is 2.95. The zero-order valence-corrected chi connectivity index (χ0v) is 25.0. The summed E-state index contributed by atoms with van der Waals surface area (Å²) in [5, 5.41) is 10.2. The van der Waals surface area contributed by atoms with E-state index in [9.17, 15) is 27.9 Å². The Hall–Kier alpha value is -3.48. The van der Waals surface area contributed by atoms with Crippen molar-refractivity contribution in [1.29, 1.82) is 0 Å². The number of alkyl halides is 3. The molecule has 0 unspecified atom stereocenters. The van der Waals surface area contributed by atoms with Gasteiger partial charge in [-0.1, -0.05) is 13.0 Å². The highest BCUT2D eigenvalue weighted by Gasteiger charge is 2.37. The largest absolute Gasteiger partial charge is 0.478 e. The van der Waals surface area contributed by atoms with Gasteiger partial charge in [-0.3, -0.25) is 9.78 Å². The molecule has 0 spiro atoms. The van der Waals surface area contributed by atoms with E-state index in [4.69, 9.17) is 14.2 Å². The first-order chi connectivity index (χ1) is 20.5. The maximum atomic E-state index is 14.1. The highest BCUT2D eigenvalue weighted by Crippen LogP contribution is 2.40. The maximum Gasteiger partial charge on any atom is 0.419 e. The quantitative estimate of drug-likeness (QED) is 0.231. The number of rotatable bonds is 12. The Bertz CT molecular complexity index is 1380. The fourth-order valence-corrected chi connectivity index (χ4v) is 6.03. The number of halogens is 3. The molecular formula is C31H35F3N2O6S. The predicted octanol–water partition coefficient (Wildman–Crippen LogP) is 7.06. The molecule has 8 nitrogen and oxygen atoms in total. The SMILES string of the molecule is COCC(COC)N(c1ccc(Oc2ccc(Cc3cncs3)cc2C(F)(F)F)cc1C(=O)O)C(=O)[C@H]1CC[C@H](C)CC1. The number of aromatic carboxylic acids is 1. The Kier molecular flexibility index (Phi) is 10.8. The summed E-state index contributed by atoms with van der Waals surface area (Å²) in [5.74, 6) is -1.98. The van der Waals surface area contributed by atoms with Crippen LogP contribution in [0.15, 0.2) is 48.1 Å². The van der Waals surface area contributed by atoms with Gasteiger partial charge in [-0.15, -0.1) is 11.3 Å². The lowest BCUT2D eigenvalue weighted by atomic mass is 9.82. The average Bonchev–Trinajstić information content (AvgIpc) is 3.47. The van der Waals surface area contributed by atoms with Crippen molar-refractivity contribution in [2.45, 2.75) is 51.2 Å². The van der Waals surface area contributed by atoms with Crippen molar-refractivity contribution >= 4 is 28.9 Å². The summed E-state index contributed by atoms with van der Waals surface area (Å²) in [5.41, 5.74) is 0.859. The van der Waals surface area contributed by atoms with Crippen molar-refractivity contribution in [3.63, 3.8) is 0 Å². The molecule has 1 saturated carbocycles. The van der Waals surface area contributed by atoms with E-state index in [1.807, 2.05) is 0 Å². The van der Waals surface area contributed by atoms with Crippen molar-refractivity contribution in [1.82, 2.24) is 4.98 Å². The molecule has 1 aliphatic carbocycles. The fourth-order valence-electron chi connectivity index (χ4n) is 5.40. The third-order valence-electron chi connectivity index (χ3n) is 7.58. The molecule has 1 N–H and O–H groups in total. The van der Waals surface area contributed by atoms with Crippen LogP contribution in [0.3, 0.4) is 0 Å². The van der Waals surface area contributed by atoms with E-state index in [0.717, 1.165) is 29.9 Å². The molecule has 43 heavy (non-hydrogen) atoms. The highest BCUT2D eigenvalue weighted by atomic mass is 32.1. The van der Waals surface area contributed by atoms with E-state index in [0.29, 0.717) is 24.3 Å². The standard InChI is InChI=1S/C31H35F3N2O6S/c1-19-4-7-21(8-5-19)29(37)36(22(16-40-2)17-41-3)27-10-9-23(14-25(27)30(38)39)42-28-11-6-20(12-24-15-35-18-43-24)13-26(28)31(32,33)34/h6,9-11,13-15,18-19,21-22H,4-5,7-8,12,16-17H2,1-3H3,(H,38,39)/t19-,21-. The topological polar surface area (TPSA) is 98.2 Å². The lowest BCUT2D eigenvalue weighted by molar-refractivity contribution is -0.138. The van der Waals surface area contributed by atoms with Crippen LogP contribution in [-0.4, -0.2) is 55.4 Å². The number of nitrogens with zero attached hydrogens (tertiary/aromatic N) is 2. The van der Waals surface area contributed by atoms with Crippen LogP contribution in [0.5, 0.6) is 11.5 Å². The minimum absolute atomic E-state index is 0.0861. The van der Waals surface area contributed by atoms with Crippen LogP contribution in [0.2, 0.25) is 0 Å². The van der Waals surface area contributed by atoms with E-state index >= 15 is 0 Å². The molecule has 1 heterocycles. The second kappa shape index (κ2) is 14.3. The molecule has 0 atom stereocenters. The third kappa shape index (κ3) is 8.12. The van der Waals surface area contributed by atoms with Crippen molar-refractivity contribution in [3.8, 4) is 11.5 Å². The number of benzene rings is 2. The Morgan fingerprint density at radius 1 is 1.07 bits per heavy atom. The number of methoxy groups -OCH3 is 2. The number of carbonyl (C=O) groups is 2. The fraction of sp³-hybridized carbons (Fsp3) is 0.452. The van der Waals surface area contributed by atoms with Gasteiger partial charge in [-0.25, -0.2) is 4.79 Å². The Labute approximate surface area is 252 Å². The van der Waals surface area contributed by atoms with Gasteiger partial charge in [0.15, 0.2) is 0 Å². The molecule has 0 saturated heterocycles. The first-order valence-electron chi connectivity index (χ1n) is 13.9. The van der Waals surface area contributed by atoms with E-state index in [-0.39, 0.29) is 48.5 Å². The summed E-state index contributed by atoms with van der Waals surface area (Å²) in [6.45, 7) is 2.31. The van der Waals surface area contributed by atoms with Gasteiger partial charge in [0, 0.05) is 37.6 Å². The second-order valence-electron chi connectivity index (χ2n) is 10.8. The first-order valence-corrected chi connectivity index (χ1v) is 14.8. The third-order valence-corrected chi connectivity index (χ3v) is 8.36. The molecule has 1 aliphatic rings. The molecule has 2 aromatic carbocycles. The molecular weight excluding hydrogens is 585 g/mol. The highest BCUT2D eigenvalue weighted by molar-refractivity contribution is 7.09. The molecule has 0 bridgehead atoms. The van der Waals surface area contributed by atoms with E-state index < -0.39 is 29.5 Å². The number of amides is 1. The summed E-state index contributed by atoms with van der Waals surface area (Å²) >= 11 is 1.34. The molecule has 3 aromatic rings. The van der Waals surface area contributed by atoms with Crippen LogP contribution < -0.4 is 9.64 Å². The number of carboxylic acids is 1. The number of anilines is 1. The zero-order valence-electron chi connectivity index (χ0n) is 24.2. The van der Waals surface area contributed by atoms with Crippen LogP contribution in [0.1, 0.15) is 59.0 Å². The van der Waals surface area contributed by atoms with Gasteiger partial charge in [0.2, 0.25) is 5.91 Å². The number of hydrogen-bond acceptors (Lipinski definition) is 7. The number of carboxylic acid groups (broad SMARTS) is 1. The van der Waals surface area contributed by atoms with Crippen LogP contribution >= 0.6 is 11.3 Å². The van der Waals surface area contributed by atoms with E-state index in [2.05, 4.69) is 11.9 Å². The summed E-state index contributed by atoms with van der Waals surface area (Å²) < 4.78 is 58.5. The van der Waals surface area contributed by atoms with Crippen LogP contribution in [0, 0.1) is 11.8 Å². The molecule has 0 radical (unpaired) electrons. The van der Waals surface area contributed by atoms with Gasteiger partial charge in [0.1, 0.15) is 11.5 Å². The predicted molar refractivity (Wildman–Crippen MR) is 156 cm³/mol. The summed E-state index contributed by atoms with van der Waals surface area (Å²) in [6.07, 6.45) is 0.268. The van der Waals surface area contributed by atoms with Crippen molar-refractivity contribution in [3.05, 3.63) is 69.7 Å². The molecule has 4 rings (SSSR count). The number of thiazole rings is 1. The molecule has 1 fully saturated rings. The van der Waals surface area contributed by atoms with Gasteiger partial charge in [-0.05, 0) is 67.5 Å². The molecule has 1 aromatic heterocycles. The Balaban J connectivity index is 1.70. The van der Waals surface area contributed by atoms with Crippen molar-refractivity contribution in [2.24, 2.45) is 11.8 Å². The molecule has 12 heteroatoms. The number of aromatic nitrogens is 1. The van der Waals surface area contributed by atoms with E-state index in [1.54, 1.807) is 11.7 Å². The lowest BCUT2D eigenvalue weighted by Crippen LogP contribution is -2.49.